The summed E-state index contributed by atoms with van der Waals surface area (Å²) in [5, 5.41) is 9.04. The topological polar surface area (TPSA) is 74.0 Å². The van der Waals surface area contributed by atoms with Crippen LogP contribution in [-0.2, 0) is 11.3 Å². The number of carbonyl (C=O) groups excluding carboxylic acids is 1. The van der Waals surface area contributed by atoms with Gasteiger partial charge in [0.15, 0.2) is 0 Å². The Labute approximate surface area is 105 Å². The van der Waals surface area contributed by atoms with Crippen molar-refractivity contribution >= 4 is 12.0 Å². The molecule has 0 bridgehead atoms. The number of hydrogen-bond donors (Lipinski definition) is 1. The molecule has 0 aliphatic carbocycles. The van der Waals surface area contributed by atoms with Gasteiger partial charge in [-0.05, 0) is 25.0 Å². The molecule has 0 radical (unpaired) electrons. The van der Waals surface area contributed by atoms with Crippen molar-refractivity contribution in [2.45, 2.75) is 25.4 Å². The summed E-state index contributed by atoms with van der Waals surface area (Å²) in [4.78, 5) is 26.0. The van der Waals surface area contributed by atoms with E-state index in [1.54, 1.807) is 25.4 Å². The molecule has 1 aromatic heterocycles. The van der Waals surface area contributed by atoms with E-state index in [9.17, 15) is 9.59 Å². The molecule has 1 unspecified atom stereocenters. The maximum atomic E-state index is 12.1. The van der Waals surface area contributed by atoms with Gasteiger partial charge < -0.3 is 19.3 Å². The van der Waals surface area contributed by atoms with E-state index in [-0.39, 0.29) is 6.03 Å². The van der Waals surface area contributed by atoms with Crippen molar-refractivity contribution in [1.29, 1.82) is 0 Å². The Hall–Kier alpha value is -1.98. The van der Waals surface area contributed by atoms with Gasteiger partial charge in [-0.25, -0.2) is 9.59 Å². The maximum absolute atomic E-state index is 12.1. The van der Waals surface area contributed by atoms with Crippen molar-refractivity contribution in [2.75, 3.05) is 13.6 Å². The van der Waals surface area contributed by atoms with Crippen molar-refractivity contribution in [3.8, 4) is 0 Å². The van der Waals surface area contributed by atoms with Crippen molar-refractivity contribution in [3.05, 3.63) is 24.2 Å². The zero-order chi connectivity index (χ0) is 13.1. The van der Waals surface area contributed by atoms with Crippen molar-refractivity contribution < 1.29 is 19.1 Å². The van der Waals surface area contributed by atoms with E-state index in [1.807, 2.05) is 0 Å². The van der Waals surface area contributed by atoms with Crippen LogP contribution in [0.2, 0.25) is 0 Å². The van der Waals surface area contributed by atoms with Gasteiger partial charge in [0, 0.05) is 13.6 Å². The third-order valence-corrected chi connectivity index (χ3v) is 3.08. The van der Waals surface area contributed by atoms with Crippen molar-refractivity contribution in [3.63, 3.8) is 0 Å². The molecular weight excluding hydrogens is 236 g/mol. The number of nitrogens with zero attached hydrogens (tertiary/aromatic N) is 2. The smallest absolute Gasteiger partial charge is 0.326 e. The lowest BCUT2D eigenvalue weighted by Crippen LogP contribution is -2.46. The van der Waals surface area contributed by atoms with Gasteiger partial charge in [-0.2, -0.15) is 0 Å². The first-order valence-corrected chi connectivity index (χ1v) is 5.86. The zero-order valence-corrected chi connectivity index (χ0v) is 10.2. The molecule has 1 aliphatic heterocycles. The summed E-state index contributed by atoms with van der Waals surface area (Å²) in [5.41, 5.74) is 0. The zero-order valence-electron chi connectivity index (χ0n) is 10.2. The number of urea groups is 1. The fourth-order valence-corrected chi connectivity index (χ4v) is 2.18. The van der Waals surface area contributed by atoms with E-state index in [0.29, 0.717) is 25.3 Å². The number of hydrogen-bond acceptors (Lipinski definition) is 3. The lowest BCUT2D eigenvalue weighted by molar-refractivity contribution is -0.141. The van der Waals surface area contributed by atoms with Gasteiger partial charge in [-0.1, -0.05) is 0 Å². The fourth-order valence-electron chi connectivity index (χ4n) is 2.18. The molecule has 2 amide bonds. The highest BCUT2D eigenvalue weighted by atomic mass is 16.4. The molecule has 2 rings (SSSR count). The van der Waals surface area contributed by atoms with E-state index in [1.165, 1.54) is 9.80 Å². The number of furan rings is 1. The first-order chi connectivity index (χ1) is 8.59. The molecule has 2 heterocycles. The number of likely N-dealkylation sites (tertiary alicyclic amines) is 1. The Morgan fingerprint density at radius 2 is 2.39 bits per heavy atom. The second-order valence-corrected chi connectivity index (χ2v) is 4.41. The van der Waals surface area contributed by atoms with Gasteiger partial charge in [0.1, 0.15) is 11.8 Å². The molecule has 1 saturated heterocycles. The first kappa shape index (κ1) is 12.5. The van der Waals surface area contributed by atoms with E-state index < -0.39 is 12.0 Å². The molecule has 6 heteroatoms. The summed E-state index contributed by atoms with van der Waals surface area (Å²) in [6, 6.07) is 2.57. The molecule has 0 saturated carbocycles. The van der Waals surface area contributed by atoms with Gasteiger partial charge in [0.2, 0.25) is 0 Å². The molecule has 98 valence electrons. The van der Waals surface area contributed by atoms with Gasteiger partial charge in [-0.15, -0.1) is 0 Å². The minimum absolute atomic E-state index is 0.267. The number of aliphatic carboxylic acids is 1. The minimum atomic E-state index is -0.938. The van der Waals surface area contributed by atoms with Crippen LogP contribution in [0.25, 0.3) is 0 Å². The van der Waals surface area contributed by atoms with E-state index in [4.69, 9.17) is 9.52 Å². The van der Waals surface area contributed by atoms with E-state index in [0.717, 1.165) is 6.42 Å². The van der Waals surface area contributed by atoms with Crippen LogP contribution in [-0.4, -0.2) is 46.5 Å². The Morgan fingerprint density at radius 1 is 1.61 bits per heavy atom. The number of rotatable bonds is 3. The highest BCUT2D eigenvalue weighted by molar-refractivity contribution is 5.83. The van der Waals surface area contributed by atoms with E-state index in [2.05, 4.69) is 0 Å². The maximum Gasteiger partial charge on any atom is 0.326 e. The first-order valence-electron chi connectivity index (χ1n) is 5.86. The predicted molar refractivity (Wildman–Crippen MR) is 62.9 cm³/mol. The Morgan fingerprint density at radius 3 is 3.00 bits per heavy atom. The summed E-state index contributed by atoms with van der Waals surface area (Å²) in [6.07, 6.45) is 2.80. The number of carboxylic acids is 1. The largest absolute Gasteiger partial charge is 0.480 e. The quantitative estimate of drug-likeness (QED) is 0.882. The number of carboxylic acid groups (broad SMARTS) is 1. The number of carbonyl (C=O) groups is 2. The van der Waals surface area contributed by atoms with Gasteiger partial charge in [0.25, 0.3) is 0 Å². The molecule has 0 spiro atoms. The molecule has 0 aromatic carbocycles. The normalized spacial score (nSPS) is 18.9. The summed E-state index contributed by atoms with van der Waals surface area (Å²) in [7, 11) is 1.64. The molecule has 1 fully saturated rings. The van der Waals surface area contributed by atoms with Crippen molar-refractivity contribution in [2.24, 2.45) is 0 Å². The summed E-state index contributed by atoms with van der Waals surface area (Å²) < 4.78 is 5.16. The van der Waals surface area contributed by atoms with Crippen LogP contribution < -0.4 is 0 Å². The molecule has 1 atom stereocenters. The van der Waals surface area contributed by atoms with Crippen LogP contribution >= 0.6 is 0 Å². The van der Waals surface area contributed by atoms with Crippen LogP contribution in [0.4, 0.5) is 4.79 Å². The van der Waals surface area contributed by atoms with Crippen LogP contribution in [0.3, 0.4) is 0 Å². The minimum Gasteiger partial charge on any atom is -0.480 e. The fraction of sp³-hybridized carbons (Fsp3) is 0.500. The average molecular weight is 252 g/mol. The average Bonchev–Trinajstić information content (AvgIpc) is 2.97. The molecule has 1 aliphatic rings. The summed E-state index contributed by atoms with van der Waals surface area (Å²) >= 11 is 0. The molecule has 1 aromatic rings. The Balaban J connectivity index is 1.99. The third kappa shape index (κ3) is 2.47. The summed E-state index contributed by atoms with van der Waals surface area (Å²) in [5.74, 6) is -0.260. The van der Waals surface area contributed by atoms with Gasteiger partial charge >= 0.3 is 12.0 Å². The Bertz CT molecular complexity index is 429. The van der Waals surface area contributed by atoms with Crippen LogP contribution in [0.15, 0.2) is 22.8 Å². The van der Waals surface area contributed by atoms with Crippen LogP contribution in [0.5, 0.6) is 0 Å². The molecule has 1 N–H and O–H groups in total. The number of amides is 2. The highest BCUT2D eigenvalue weighted by Crippen LogP contribution is 2.19. The third-order valence-electron chi connectivity index (χ3n) is 3.08. The predicted octanol–water partition coefficient (Wildman–Crippen LogP) is 1.38. The van der Waals surface area contributed by atoms with E-state index >= 15 is 0 Å². The lowest BCUT2D eigenvalue weighted by atomic mass is 10.2. The molecule has 18 heavy (non-hydrogen) atoms. The summed E-state index contributed by atoms with van der Waals surface area (Å²) in [6.45, 7) is 0.840. The highest BCUT2D eigenvalue weighted by Gasteiger charge is 2.35. The molecule has 6 nitrogen and oxygen atoms in total. The van der Waals surface area contributed by atoms with Crippen molar-refractivity contribution in [1.82, 2.24) is 9.80 Å². The van der Waals surface area contributed by atoms with Gasteiger partial charge in [0.05, 0.1) is 12.8 Å². The second kappa shape index (κ2) is 5.12. The standard InChI is InChI=1S/C12H16N2O4/c1-13(8-9-4-3-7-18-9)12(17)14-6-2-5-10(14)11(15)16/h3-4,7,10H,2,5-6,8H2,1H3,(H,15,16). The van der Waals surface area contributed by atoms with Crippen LogP contribution in [0, 0.1) is 0 Å². The monoisotopic (exact) mass is 252 g/mol. The Kier molecular flexibility index (Phi) is 3.55. The SMILES string of the molecule is CN(Cc1ccco1)C(=O)N1CCCC1C(=O)O. The molecular formula is C12H16N2O4. The lowest BCUT2D eigenvalue weighted by Gasteiger charge is -2.27. The van der Waals surface area contributed by atoms with Crippen LogP contribution in [0.1, 0.15) is 18.6 Å². The second-order valence-electron chi connectivity index (χ2n) is 4.41. The van der Waals surface area contributed by atoms with Gasteiger partial charge in [-0.3, -0.25) is 0 Å².